The molecule has 3 rings (SSSR count). The molecule has 1 amide bonds. The van der Waals surface area contributed by atoms with Gasteiger partial charge < -0.3 is 14.8 Å². The molecule has 1 fully saturated rings. The van der Waals surface area contributed by atoms with Crippen molar-refractivity contribution in [2.75, 3.05) is 27.3 Å². The normalized spacial score (nSPS) is 18.3. The number of hydrogen-bond donors (Lipinski definition) is 1. The lowest BCUT2D eigenvalue weighted by Crippen LogP contribution is -2.45. The Balaban J connectivity index is 1.75. The van der Waals surface area contributed by atoms with Crippen molar-refractivity contribution in [3.63, 3.8) is 0 Å². The molecule has 1 aliphatic heterocycles. The minimum atomic E-state index is -3.88. The van der Waals surface area contributed by atoms with E-state index in [0.717, 1.165) is 5.56 Å². The molecule has 0 spiro atoms. The van der Waals surface area contributed by atoms with Gasteiger partial charge in [0, 0.05) is 19.2 Å². The van der Waals surface area contributed by atoms with Gasteiger partial charge >= 0.3 is 0 Å². The first kappa shape index (κ1) is 23.0. The number of nitrogens with one attached hydrogen (secondary N) is 1. The van der Waals surface area contributed by atoms with E-state index < -0.39 is 15.9 Å². The molecule has 1 aliphatic rings. The molecule has 168 valence electrons. The first-order valence-electron chi connectivity index (χ1n) is 10.0. The molecule has 1 N–H and O–H groups in total. The van der Waals surface area contributed by atoms with Gasteiger partial charge in [-0.2, -0.15) is 4.31 Å². The first-order chi connectivity index (χ1) is 14.8. The Labute approximate surface area is 182 Å². The maximum absolute atomic E-state index is 13.3. The maximum Gasteiger partial charge on any atom is 0.246 e. The number of piperidine rings is 1. The van der Waals surface area contributed by atoms with Gasteiger partial charge in [0.2, 0.25) is 15.9 Å². The summed E-state index contributed by atoms with van der Waals surface area (Å²) in [6.07, 6.45) is 1.15. The molecule has 2 aromatic carbocycles. The minimum absolute atomic E-state index is 0.00934. The van der Waals surface area contributed by atoms with E-state index in [0.29, 0.717) is 25.1 Å². The molecule has 0 saturated carbocycles. The number of amides is 1. The van der Waals surface area contributed by atoms with Gasteiger partial charge in [-0.1, -0.05) is 12.1 Å². The van der Waals surface area contributed by atoms with Crippen LogP contribution >= 0.6 is 0 Å². The van der Waals surface area contributed by atoms with Gasteiger partial charge in [-0.25, -0.2) is 12.8 Å². The third-order valence-electron chi connectivity index (χ3n) is 5.47. The highest BCUT2D eigenvalue weighted by Crippen LogP contribution is 2.32. The molecule has 2 aromatic rings. The summed E-state index contributed by atoms with van der Waals surface area (Å²) in [4.78, 5) is 12.8. The number of carbonyl (C=O) groups is 1. The largest absolute Gasteiger partial charge is 0.497 e. The van der Waals surface area contributed by atoms with Crippen LogP contribution in [-0.2, 0) is 14.8 Å². The average Bonchev–Trinajstić information content (AvgIpc) is 2.79. The van der Waals surface area contributed by atoms with Crippen molar-refractivity contribution >= 4 is 15.9 Å². The predicted molar refractivity (Wildman–Crippen MR) is 114 cm³/mol. The zero-order valence-electron chi connectivity index (χ0n) is 17.8. The fourth-order valence-corrected chi connectivity index (χ4v) is 5.36. The Morgan fingerprint density at radius 3 is 2.52 bits per heavy atom. The summed E-state index contributed by atoms with van der Waals surface area (Å²) in [5, 5.41) is 2.91. The topological polar surface area (TPSA) is 84.9 Å². The van der Waals surface area contributed by atoms with Crippen LogP contribution < -0.4 is 14.8 Å². The van der Waals surface area contributed by atoms with Crippen LogP contribution in [0.25, 0.3) is 0 Å². The number of halogens is 1. The maximum atomic E-state index is 13.3. The van der Waals surface area contributed by atoms with E-state index in [9.17, 15) is 17.6 Å². The lowest BCUT2D eigenvalue weighted by Gasteiger charge is -2.32. The Morgan fingerprint density at radius 2 is 1.87 bits per heavy atom. The summed E-state index contributed by atoms with van der Waals surface area (Å²) in [7, 11) is -1.02. The highest BCUT2D eigenvalue weighted by Gasteiger charge is 2.35. The minimum Gasteiger partial charge on any atom is -0.497 e. The molecule has 7 nitrogen and oxygen atoms in total. The van der Waals surface area contributed by atoms with Gasteiger partial charge in [0.1, 0.15) is 22.2 Å². The molecule has 1 saturated heterocycles. The van der Waals surface area contributed by atoms with Crippen LogP contribution in [0.3, 0.4) is 0 Å². The van der Waals surface area contributed by atoms with E-state index in [1.807, 2.05) is 6.92 Å². The van der Waals surface area contributed by atoms with Gasteiger partial charge in [-0.3, -0.25) is 4.79 Å². The van der Waals surface area contributed by atoms with Crippen molar-refractivity contribution in [2.45, 2.75) is 30.7 Å². The van der Waals surface area contributed by atoms with Crippen LogP contribution in [0.15, 0.2) is 47.4 Å². The lowest BCUT2D eigenvalue weighted by atomic mass is 9.98. The number of rotatable bonds is 7. The van der Waals surface area contributed by atoms with E-state index in [1.54, 1.807) is 24.3 Å². The van der Waals surface area contributed by atoms with E-state index in [-0.39, 0.29) is 35.0 Å². The molecule has 0 bridgehead atoms. The summed E-state index contributed by atoms with van der Waals surface area (Å²) in [5.74, 6) is -0.433. The van der Waals surface area contributed by atoms with Crippen LogP contribution in [0, 0.1) is 11.7 Å². The van der Waals surface area contributed by atoms with E-state index in [1.165, 1.54) is 36.7 Å². The number of methoxy groups -OCH3 is 2. The van der Waals surface area contributed by atoms with Crippen molar-refractivity contribution in [2.24, 2.45) is 5.92 Å². The summed E-state index contributed by atoms with van der Waals surface area (Å²) in [6.45, 7) is 2.20. The van der Waals surface area contributed by atoms with Crippen LogP contribution in [0.1, 0.15) is 31.4 Å². The fraction of sp³-hybridized carbons (Fsp3) is 0.409. The SMILES string of the molecule is COc1ccc(OC)c(S(=O)(=O)N2CCCC(C(=O)NC(C)c3ccc(F)cc3)C2)c1. The molecule has 0 aliphatic carbocycles. The molecule has 31 heavy (non-hydrogen) atoms. The highest BCUT2D eigenvalue weighted by atomic mass is 32.2. The lowest BCUT2D eigenvalue weighted by molar-refractivity contribution is -0.126. The standard InChI is InChI=1S/C22H27FN2O5S/c1-15(16-6-8-18(23)9-7-16)24-22(26)17-5-4-12-25(14-17)31(27,28)21-13-19(29-2)10-11-20(21)30-3/h6-11,13,15,17H,4-5,12,14H2,1-3H3,(H,24,26). The Hall–Kier alpha value is -2.65. The summed E-state index contributed by atoms with van der Waals surface area (Å²) < 4.78 is 51.5. The van der Waals surface area contributed by atoms with Crippen molar-refractivity contribution in [1.29, 1.82) is 0 Å². The van der Waals surface area contributed by atoms with E-state index in [2.05, 4.69) is 5.32 Å². The van der Waals surface area contributed by atoms with Gasteiger partial charge in [-0.15, -0.1) is 0 Å². The molecule has 0 aromatic heterocycles. The third-order valence-corrected chi connectivity index (χ3v) is 7.36. The molecule has 1 heterocycles. The monoisotopic (exact) mass is 450 g/mol. The highest BCUT2D eigenvalue weighted by molar-refractivity contribution is 7.89. The Kier molecular flexibility index (Phi) is 7.17. The molecule has 0 radical (unpaired) electrons. The number of benzene rings is 2. The number of carbonyl (C=O) groups excluding carboxylic acids is 1. The van der Waals surface area contributed by atoms with Gasteiger partial charge in [0.05, 0.1) is 26.2 Å². The van der Waals surface area contributed by atoms with Crippen molar-refractivity contribution in [3.05, 3.63) is 53.8 Å². The second-order valence-electron chi connectivity index (χ2n) is 7.50. The van der Waals surface area contributed by atoms with Crippen LogP contribution in [0.5, 0.6) is 11.5 Å². The van der Waals surface area contributed by atoms with Gasteiger partial charge in [0.15, 0.2) is 0 Å². The second kappa shape index (κ2) is 9.65. The van der Waals surface area contributed by atoms with Crippen LogP contribution in [0.2, 0.25) is 0 Å². The summed E-state index contributed by atoms with van der Waals surface area (Å²) in [5.41, 5.74) is 0.774. The average molecular weight is 451 g/mol. The Bertz CT molecular complexity index is 1030. The number of sulfonamides is 1. The van der Waals surface area contributed by atoms with E-state index in [4.69, 9.17) is 9.47 Å². The fourth-order valence-electron chi connectivity index (χ4n) is 3.67. The third kappa shape index (κ3) is 5.16. The molecular formula is C22H27FN2O5S. The number of ether oxygens (including phenoxy) is 2. The molecule has 9 heteroatoms. The van der Waals surface area contributed by atoms with Crippen molar-refractivity contribution in [1.82, 2.24) is 9.62 Å². The molecular weight excluding hydrogens is 423 g/mol. The predicted octanol–water partition coefficient (Wildman–Crippen LogP) is 3.12. The quantitative estimate of drug-likeness (QED) is 0.701. The van der Waals surface area contributed by atoms with Crippen molar-refractivity contribution < 1.29 is 27.1 Å². The zero-order chi connectivity index (χ0) is 22.6. The van der Waals surface area contributed by atoms with Gasteiger partial charge in [-0.05, 0) is 49.6 Å². The first-order valence-corrected chi connectivity index (χ1v) is 11.5. The number of hydrogen-bond acceptors (Lipinski definition) is 5. The van der Waals surface area contributed by atoms with Crippen LogP contribution in [-0.4, -0.2) is 45.9 Å². The summed E-state index contributed by atoms with van der Waals surface area (Å²) >= 11 is 0. The molecule has 2 unspecified atom stereocenters. The van der Waals surface area contributed by atoms with E-state index >= 15 is 0 Å². The number of nitrogens with zero attached hydrogens (tertiary/aromatic N) is 1. The Morgan fingerprint density at radius 1 is 1.16 bits per heavy atom. The molecule has 2 atom stereocenters. The van der Waals surface area contributed by atoms with Crippen LogP contribution in [0.4, 0.5) is 4.39 Å². The zero-order valence-corrected chi connectivity index (χ0v) is 18.6. The second-order valence-corrected chi connectivity index (χ2v) is 9.41. The smallest absolute Gasteiger partial charge is 0.246 e. The van der Waals surface area contributed by atoms with Gasteiger partial charge in [0.25, 0.3) is 0 Å². The van der Waals surface area contributed by atoms with Crippen molar-refractivity contribution in [3.8, 4) is 11.5 Å². The summed E-state index contributed by atoms with van der Waals surface area (Å²) in [6, 6.07) is 10.2.